The Morgan fingerprint density at radius 2 is 2.14 bits per heavy atom. The number of piperazine rings is 1. The van der Waals surface area contributed by atoms with Crippen molar-refractivity contribution in [2.24, 2.45) is 0 Å². The van der Waals surface area contributed by atoms with E-state index in [0.29, 0.717) is 11.7 Å². The third-order valence-electron chi connectivity index (χ3n) is 3.20. The maximum Gasteiger partial charge on any atom is 0.240 e. The lowest BCUT2D eigenvalue weighted by Gasteiger charge is -2.33. The molecule has 0 aliphatic carbocycles. The fourth-order valence-electron chi connectivity index (χ4n) is 2.18. The quantitative estimate of drug-likeness (QED) is 0.906. The summed E-state index contributed by atoms with van der Waals surface area (Å²) < 4.78 is 0. The molecule has 9 heteroatoms. The van der Waals surface area contributed by atoms with Crippen LogP contribution in [-0.2, 0) is 4.79 Å². The molecule has 3 rings (SSSR count). The first-order valence-electron chi connectivity index (χ1n) is 6.67. The minimum atomic E-state index is -0.0335. The van der Waals surface area contributed by atoms with E-state index in [0.717, 1.165) is 36.3 Å². The number of anilines is 2. The van der Waals surface area contributed by atoms with E-state index in [1.807, 2.05) is 18.5 Å². The molecule has 1 aliphatic heterocycles. The van der Waals surface area contributed by atoms with Gasteiger partial charge in [0.1, 0.15) is 5.01 Å². The largest absolute Gasteiger partial charge is 0.346 e. The molecule has 112 valence electrons. The van der Waals surface area contributed by atoms with E-state index < -0.39 is 0 Å². The van der Waals surface area contributed by atoms with E-state index in [1.54, 1.807) is 11.3 Å². The minimum absolute atomic E-state index is 0.0335. The number of nitrogens with one attached hydrogen (secondary N) is 1. The van der Waals surface area contributed by atoms with Crippen LogP contribution in [0.25, 0.3) is 0 Å². The summed E-state index contributed by atoms with van der Waals surface area (Å²) in [6.07, 6.45) is 1.82. The van der Waals surface area contributed by atoms with Gasteiger partial charge in [0.2, 0.25) is 11.0 Å². The molecular formula is C12H16N6OS2. The number of carbonyl (C=O) groups excluding carboxylic acids is 1. The molecule has 0 spiro atoms. The highest BCUT2D eigenvalue weighted by atomic mass is 32.1. The van der Waals surface area contributed by atoms with Crippen LogP contribution >= 0.6 is 22.7 Å². The topological polar surface area (TPSA) is 74.2 Å². The summed E-state index contributed by atoms with van der Waals surface area (Å²) in [7, 11) is 0. The lowest BCUT2D eigenvalue weighted by atomic mass is 10.3. The van der Waals surface area contributed by atoms with Crippen LogP contribution in [0.2, 0.25) is 0 Å². The van der Waals surface area contributed by atoms with Crippen LogP contribution in [0, 0.1) is 6.92 Å². The Morgan fingerprint density at radius 1 is 1.33 bits per heavy atom. The third-order valence-corrected chi connectivity index (χ3v) is 4.79. The van der Waals surface area contributed by atoms with Gasteiger partial charge in [0.25, 0.3) is 0 Å². The Hall–Kier alpha value is -1.58. The van der Waals surface area contributed by atoms with E-state index >= 15 is 0 Å². The first kappa shape index (κ1) is 14.4. The van der Waals surface area contributed by atoms with Crippen molar-refractivity contribution >= 4 is 38.8 Å². The number of amides is 1. The van der Waals surface area contributed by atoms with Crippen LogP contribution in [0.3, 0.4) is 0 Å². The SMILES string of the molecule is Cc1nnc(NC(=O)CN2CCN(c3nccs3)CC2)s1. The predicted molar refractivity (Wildman–Crippen MR) is 84.0 cm³/mol. The number of aromatic nitrogens is 3. The Balaban J connectivity index is 1.45. The van der Waals surface area contributed by atoms with E-state index in [9.17, 15) is 4.79 Å². The lowest BCUT2D eigenvalue weighted by molar-refractivity contribution is -0.117. The molecule has 0 bridgehead atoms. The van der Waals surface area contributed by atoms with E-state index in [4.69, 9.17) is 0 Å². The molecule has 1 amide bonds. The zero-order valence-corrected chi connectivity index (χ0v) is 13.3. The van der Waals surface area contributed by atoms with Crippen molar-refractivity contribution < 1.29 is 4.79 Å². The molecule has 0 atom stereocenters. The number of nitrogens with zero attached hydrogens (tertiary/aromatic N) is 5. The maximum atomic E-state index is 12.0. The van der Waals surface area contributed by atoms with Crippen molar-refractivity contribution in [3.8, 4) is 0 Å². The molecule has 2 aromatic heterocycles. The Labute approximate surface area is 130 Å². The summed E-state index contributed by atoms with van der Waals surface area (Å²) in [5.74, 6) is -0.0335. The third kappa shape index (κ3) is 3.74. The highest BCUT2D eigenvalue weighted by molar-refractivity contribution is 7.15. The molecule has 1 aliphatic rings. The second-order valence-corrected chi connectivity index (χ2v) is 6.81. The van der Waals surface area contributed by atoms with Gasteiger partial charge in [0.15, 0.2) is 5.13 Å². The van der Waals surface area contributed by atoms with Gasteiger partial charge in [0, 0.05) is 37.8 Å². The summed E-state index contributed by atoms with van der Waals surface area (Å²) >= 11 is 3.04. The van der Waals surface area contributed by atoms with Crippen molar-refractivity contribution in [2.75, 3.05) is 42.9 Å². The summed E-state index contributed by atoms with van der Waals surface area (Å²) in [5, 5.41) is 15.0. The Morgan fingerprint density at radius 3 is 2.76 bits per heavy atom. The average Bonchev–Trinajstić information content (AvgIpc) is 3.11. The van der Waals surface area contributed by atoms with Crippen LogP contribution in [0.5, 0.6) is 0 Å². The first-order chi connectivity index (χ1) is 10.2. The number of carbonyl (C=O) groups is 1. The fraction of sp³-hybridized carbons (Fsp3) is 0.500. The average molecular weight is 324 g/mol. The van der Waals surface area contributed by atoms with Gasteiger partial charge in [-0.25, -0.2) is 4.98 Å². The van der Waals surface area contributed by atoms with Crippen LogP contribution < -0.4 is 10.2 Å². The van der Waals surface area contributed by atoms with Gasteiger partial charge in [-0.15, -0.1) is 21.5 Å². The minimum Gasteiger partial charge on any atom is -0.346 e. The van der Waals surface area contributed by atoms with Gasteiger partial charge in [0.05, 0.1) is 6.54 Å². The molecule has 0 radical (unpaired) electrons. The second kappa shape index (κ2) is 6.46. The van der Waals surface area contributed by atoms with Gasteiger partial charge in [-0.3, -0.25) is 15.0 Å². The fourth-order valence-corrected chi connectivity index (χ4v) is 3.48. The van der Waals surface area contributed by atoms with E-state index in [2.05, 4.69) is 30.3 Å². The predicted octanol–water partition coefficient (Wildman–Crippen LogP) is 1.06. The van der Waals surface area contributed by atoms with Crippen molar-refractivity contribution in [3.05, 3.63) is 16.6 Å². The number of hydrogen-bond donors (Lipinski definition) is 1. The van der Waals surface area contributed by atoms with Gasteiger partial charge in [-0.1, -0.05) is 11.3 Å². The second-order valence-electron chi connectivity index (χ2n) is 4.75. The zero-order valence-electron chi connectivity index (χ0n) is 11.7. The first-order valence-corrected chi connectivity index (χ1v) is 8.37. The summed E-state index contributed by atoms with van der Waals surface area (Å²) in [4.78, 5) is 20.7. The summed E-state index contributed by atoms with van der Waals surface area (Å²) in [6, 6.07) is 0. The lowest BCUT2D eigenvalue weighted by Crippen LogP contribution is -2.48. The molecule has 1 fully saturated rings. The zero-order chi connectivity index (χ0) is 14.7. The standard InChI is InChI=1S/C12H16N6OS2/c1-9-15-16-11(21-9)14-10(19)8-17-3-5-18(6-4-17)12-13-2-7-20-12/h2,7H,3-6,8H2,1H3,(H,14,16,19). The van der Waals surface area contributed by atoms with Crippen LogP contribution in [0.4, 0.5) is 10.3 Å². The van der Waals surface area contributed by atoms with Crippen LogP contribution in [-0.4, -0.2) is 58.7 Å². The van der Waals surface area contributed by atoms with E-state index in [-0.39, 0.29) is 5.91 Å². The summed E-state index contributed by atoms with van der Waals surface area (Å²) in [5.41, 5.74) is 0. The molecular weight excluding hydrogens is 308 g/mol. The van der Waals surface area contributed by atoms with Gasteiger partial charge >= 0.3 is 0 Å². The van der Waals surface area contributed by atoms with E-state index in [1.165, 1.54) is 11.3 Å². The smallest absolute Gasteiger partial charge is 0.240 e. The van der Waals surface area contributed by atoms with Gasteiger partial charge in [-0.05, 0) is 6.92 Å². The molecule has 1 N–H and O–H groups in total. The Kier molecular flexibility index (Phi) is 4.42. The molecule has 0 unspecified atom stereocenters. The van der Waals surface area contributed by atoms with Crippen LogP contribution in [0.15, 0.2) is 11.6 Å². The monoisotopic (exact) mass is 324 g/mol. The van der Waals surface area contributed by atoms with Crippen molar-refractivity contribution in [2.45, 2.75) is 6.92 Å². The normalized spacial score (nSPS) is 16.1. The van der Waals surface area contributed by atoms with Gasteiger partial charge in [-0.2, -0.15) is 0 Å². The molecule has 3 heterocycles. The molecule has 7 nitrogen and oxygen atoms in total. The molecule has 21 heavy (non-hydrogen) atoms. The van der Waals surface area contributed by atoms with Crippen molar-refractivity contribution in [1.29, 1.82) is 0 Å². The number of rotatable bonds is 4. The number of aryl methyl sites for hydroxylation is 1. The summed E-state index contributed by atoms with van der Waals surface area (Å²) in [6.45, 7) is 5.79. The number of thiazole rings is 1. The Bertz CT molecular complexity index is 591. The maximum absolute atomic E-state index is 12.0. The van der Waals surface area contributed by atoms with Crippen LogP contribution in [0.1, 0.15) is 5.01 Å². The highest BCUT2D eigenvalue weighted by Gasteiger charge is 2.20. The number of hydrogen-bond acceptors (Lipinski definition) is 8. The molecule has 0 aromatic carbocycles. The van der Waals surface area contributed by atoms with Crippen molar-refractivity contribution in [1.82, 2.24) is 20.1 Å². The molecule has 2 aromatic rings. The molecule has 1 saturated heterocycles. The highest BCUT2D eigenvalue weighted by Crippen LogP contribution is 2.19. The molecule has 0 saturated carbocycles. The van der Waals surface area contributed by atoms with Gasteiger partial charge < -0.3 is 4.90 Å². The van der Waals surface area contributed by atoms with Crippen molar-refractivity contribution in [3.63, 3.8) is 0 Å².